The maximum absolute atomic E-state index is 12.7. The number of likely N-dealkylation sites (tertiary alicyclic amines) is 1. The first-order valence-corrected chi connectivity index (χ1v) is 12.2. The Morgan fingerprint density at radius 3 is 2.53 bits per heavy atom. The van der Waals surface area contributed by atoms with Crippen LogP contribution in [0.25, 0.3) is 0 Å². The van der Waals surface area contributed by atoms with Crippen molar-refractivity contribution in [3.63, 3.8) is 0 Å². The topological polar surface area (TPSA) is 115 Å². The summed E-state index contributed by atoms with van der Waals surface area (Å²) in [6, 6.07) is 6.13. The van der Waals surface area contributed by atoms with Crippen LogP contribution in [0, 0.1) is 11.8 Å². The summed E-state index contributed by atoms with van der Waals surface area (Å²) in [6.45, 7) is 1.42. The van der Waals surface area contributed by atoms with Crippen molar-refractivity contribution >= 4 is 40.7 Å². The zero-order chi connectivity index (χ0) is 24.2. The average molecular weight is 486 g/mol. The summed E-state index contributed by atoms with van der Waals surface area (Å²) in [5.74, 6) is -1.48. The number of hydrogen-bond donors (Lipinski definition) is 1. The summed E-state index contributed by atoms with van der Waals surface area (Å²) in [6.07, 6.45) is 3.30. The number of fused-ring (bicyclic) bond motifs is 1. The molecule has 1 aromatic carbocycles. The molecular weight excluding hydrogens is 458 g/mol. The third-order valence-corrected chi connectivity index (χ3v) is 7.16. The van der Waals surface area contributed by atoms with E-state index in [1.807, 2.05) is 6.07 Å². The maximum Gasteiger partial charge on any atom is 0.329 e. The second-order valence-electron chi connectivity index (χ2n) is 8.49. The molecule has 3 amide bonds. The fourth-order valence-electron chi connectivity index (χ4n) is 4.52. The summed E-state index contributed by atoms with van der Waals surface area (Å²) >= 11 is 1.28. The lowest BCUT2D eigenvalue weighted by atomic mass is 9.81. The molecule has 0 spiro atoms. The van der Waals surface area contributed by atoms with E-state index in [2.05, 4.69) is 10.3 Å². The van der Waals surface area contributed by atoms with E-state index >= 15 is 0 Å². The third-order valence-electron chi connectivity index (χ3n) is 6.26. The molecule has 34 heavy (non-hydrogen) atoms. The molecule has 3 unspecified atom stereocenters. The molecule has 1 aliphatic carbocycles. The smallest absolute Gasteiger partial charge is 0.329 e. The Bertz CT molecular complexity index is 1080. The molecule has 1 aliphatic heterocycles. The maximum atomic E-state index is 12.7. The fraction of sp³-hybridized carbons (Fsp3) is 0.458. The summed E-state index contributed by atoms with van der Waals surface area (Å²) < 4.78 is 10.6. The van der Waals surface area contributed by atoms with Gasteiger partial charge in [-0.3, -0.25) is 19.3 Å². The van der Waals surface area contributed by atoms with E-state index in [1.165, 1.54) is 25.4 Å². The van der Waals surface area contributed by atoms with E-state index in [9.17, 15) is 19.2 Å². The van der Waals surface area contributed by atoms with Crippen molar-refractivity contribution in [2.45, 2.75) is 51.7 Å². The van der Waals surface area contributed by atoms with Gasteiger partial charge in [0.05, 0.1) is 36.7 Å². The molecule has 2 aromatic rings. The molecule has 1 N–H and O–H groups in total. The number of nitrogens with one attached hydrogen (secondary N) is 1. The van der Waals surface area contributed by atoms with E-state index in [0.29, 0.717) is 35.0 Å². The number of carbonyl (C=O) groups excluding carboxylic acids is 4. The van der Waals surface area contributed by atoms with Crippen LogP contribution in [0.3, 0.4) is 0 Å². The Kier molecular flexibility index (Phi) is 7.26. The predicted octanol–water partition coefficient (Wildman–Crippen LogP) is 2.94. The molecule has 1 saturated carbocycles. The molecule has 0 radical (unpaired) electrons. The Hall–Kier alpha value is -3.27. The molecule has 9 nitrogen and oxygen atoms in total. The standard InChI is InChI=1S/C24H27N3O6S/c1-14(27-22(29)16-7-3-4-8-17(16)23(27)30)24(31)33-12-15-13-34-21(25-15)11-20(28)26-18-9-5-6-10-19(18)32-2/h5-6,9-10,13-14,16-17H,3-4,7-8,11-12H2,1-2H3,(H,26,28). The largest absolute Gasteiger partial charge is 0.495 e. The zero-order valence-electron chi connectivity index (χ0n) is 19.1. The first kappa shape index (κ1) is 23.9. The van der Waals surface area contributed by atoms with Crippen LogP contribution in [0.15, 0.2) is 29.6 Å². The van der Waals surface area contributed by atoms with Crippen molar-refractivity contribution in [1.82, 2.24) is 9.88 Å². The quantitative estimate of drug-likeness (QED) is 0.452. The van der Waals surface area contributed by atoms with E-state index in [1.54, 1.807) is 23.6 Å². The fourth-order valence-corrected chi connectivity index (χ4v) is 5.29. The van der Waals surface area contributed by atoms with E-state index in [-0.39, 0.29) is 42.6 Å². The molecule has 2 aliphatic rings. The van der Waals surface area contributed by atoms with Crippen molar-refractivity contribution in [2.24, 2.45) is 11.8 Å². The van der Waals surface area contributed by atoms with Gasteiger partial charge in [0.15, 0.2) is 0 Å². The number of aromatic nitrogens is 1. The third kappa shape index (κ3) is 4.96. The first-order chi connectivity index (χ1) is 16.4. The van der Waals surface area contributed by atoms with Gasteiger partial charge in [-0.25, -0.2) is 9.78 Å². The van der Waals surface area contributed by atoms with Crippen LogP contribution in [-0.2, 0) is 36.9 Å². The Morgan fingerprint density at radius 2 is 1.85 bits per heavy atom. The number of imide groups is 1. The second-order valence-corrected chi connectivity index (χ2v) is 9.43. The lowest BCUT2D eigenvalue weighted by molar-refractivity contribution is -0.159. The highest BCUT2D eigenvalue weighted by molar-refractivity contribution is 7.09. The molecule has 4 rings (SSSR count). The summed E-state index contributed by atoms with van der Waals surface area (Å²) in [5.41, 5.74) is 1.07. The number of methoxy groups -OCH3 is 1. The number of amides is 3. The number of nitrogens with zero attached hydrogens (tertiary/aromatic N) is 2. The first-order valence-electron chi connectivity index (χ1n) is 11.3. The number of para-hydroxylation sites is 2. The van der Waals surface area contributed by atoms with Gasteiger partial charge in [0.2, 0.25) is 17.7 Å². The summed E-state index contributed by atoms with van der Waals surface area (Å²) in [4.78, 5) is 55.8. The van der Waals surface area contributed by atoms with E-state index in [4.69, 9.17) is 9.47 Å². The highest BCUT2D eigenvalue weighted by atomic mass is 32.1. The number of thiazole rings is 1. The van der Waals surface area contributed by atoms with Crippen LogP contribution in [0.1, 0.15) is 43.3 Å². The Morgan fingerprint density at radius 1 is 1.18 bits per heavy atom. The second kappa shape index (κ2) is 10.3. The lowest BCUT2D eigenvalue weighted by Gasteiger charge is -2.21. The lowest BCUT2D eigenvalue weighted by Crippen LogP contribution is -2.44. The zero-order valence-corrected chi connectivity index (χ0v) is 19.9. The van der Waals surface area contributed by atoms with Gasteiger partial charge in [-0.2, -0.15) is 0 Å². The molecule has 2 fully saturated rings. The van der Waals surface area contributed by atoms with Gasteiger partial charge in [-0.05, 0) is 31.9 Å². The molecule has 1 saturated heterocycles. The summed E-state index contributed by atoms with van der Waals surface area (Å²) in [7, 11) is 1.53. The molecule has 1 aromatic heterocycles. The van der Waals surface area contributed by atoms with Crippen molar-refractivity contribution < 1.29 is 28.7 Å². The van der Waals surface area contributed by atoms with Crippen LogP contribution in [-0.4, -0.2) is 46.7 Å². The SMILES string of the molecule is COc1ccccc1NC(=O)Cc1nc(COC(=O)C(C)N2C(=O)C3CCCCC3C2=O)cs1. The van der Waals surface area contributed by atoms with Gasteiger partial charge >= 0.3 is 5.97 Å². The minimum absolute atomic E-state index is 0.0621. The van der Waals surface area contributed by atoms with Crippen LogP contribution in [0.5, 0.6) is 5.75 Å². The predicted molar refractivity (Wildman–Crippen MR) is 124 cm³/mol. The molecule has 0 bridgehead atoms. The Balaban J connectivity index is 1.29. The van der Waals surface area contributed by atoms with Gasteiger partial charge in [-0.15, -0.1) is 11.3 Å². The van der Waals surface area contributed by atoms with E-state index < -0.39 is 12.0 Å². The molecular formula is C24H27N3O6S. The molecule has 2 heterocycles. The number of esters is 1. The number of rotatable bonds is 8. The number of hydrogen-bond acceptors (Lipinski definition) is 8. The van der Waals surface area contributed by atoms with Gasteiger partial charge in [-0.1, -0.05) is 25.0 Å². The van der Waals surface area contributed by atoms with Crippen LogP contribution >= 0.6 is 11.3 Å². The minimum Gasteiger partial charge on any atom is -0.495 e. The van der Waals surface area contributed by atoms with E-state index in [0.717, 1.165) is 17.7 Å². The normalized spacial score (nSPS) is 20.6. The van der Waals surface area contributed by atoms with Crippen molar-refractivity contribution in [2.75, 3.05) is 12.4 Å². The summed E-state index contributed by atoms with van der Waals surface area (Å²) in [5, 5.41) is 5.08. The van der Waals surface area contributed by atoms with Crippen molar-refractivity contribution in [3.8, 4) is 5.75 Å². The number of anilines is 1. The van der Waals surface area contributed by atoms with Crippen molar-refractivity contribution in [1.29, 1.82) is 0 Å². The highest BCUT2D eigenvalue weighted by Gasteiger charge is 2.51. The monoisotopic (exact) mass is 485 g/mol. The number of ether oxygens (including phenoxy) is 2. The van der Waals surface area contributed by atoms with Crippen LogP contribution in [0.2, 0.25) is 0 Å². The van der Waals surface area contributed by atoms with Crippen molar-refractivity contribution in [3.05, 3.63) is 40.3 Å². The van der Waals surface area contributed by atoms with Gasteiger partial charge in [0, 0.05) is 5.38 Å². The average Bonchev–Trinajstić information content (AvgIpc) is 3.39. The van der Waals surface area contributed by atoms with Crippen LogP contribution < -0.4 is 10.1 Å². The highest BCUT2D eigenvalue weighted by Crippen LogP contribution is 2.39. The number of benzene rings is 1. The Labute approximate surface area is 201 Å². The molecule has 3 atom stereocenters. The molecule has 10 heteroatoms. The minimum atomic E-state index is -0.977. The van der Waals surface area contributed by atoms with Gasteiger partial charge < -0.3 is 14.8 Å². The van der Waals surface area contributed by atoms with Gasteiger partial charge in [0.1, 0.15) is 23.4 Å². The van der Waals surface area contributed by atoms with Crippen LogP contribution in [0.4, 0.5) is 5.69 Å². The molecule has 180 valence electrons. The van der Waals surface area contributed by atoms with Gasteiger partial charge in [0.25, 0.3) is 0 Å². The number of carbonyl (C=O) groups is 4.